The molecule has 0 amide bonds. The van der Waals surface area contributed by atoms with Crippen molar-refractivity contribution in [1.29, 1.82) is 0 Å². The third-order valence-electron chi connectivity index (χ3n) is 11.5. The predicted molar refractivity (Wildman–Crippen MR) is 303 cm³/mol. The molecule has 0 rings (SSSR count). The van der Waals surface area contributed by atoms with Gasteiger partial charge in [-0.05, 0) is 103 Å². The highest BCUT2D eigenvalue weighted by atomic mass is 32.2. The Morgan fingerprint density at radius 2 is 0.614 bits per heavy atom. The summed E-state index contributed by atoms with van der Waals surface area (Å²) in [6.45, 7) is 10.6. The normalized spacial score (nSPS) is 14.5. The van der Waals surface area contributed by atoms with E-state index in [1.807, 2.05) is 58.4 Å². The maximum atomic E-state index is 13.0. The van der Waals surface area contributed by atoms with E-state index in [1.54, 1.807) is 0 Å². The van der Waals surface area contributed by atoms with Gasteiger partial charge < -0.3 is 20.4 Å². The van der Waals surface area contributed by atoms with Crippen LogP contribution in [-0.2, 0) is 14.4 Å². The SMILES string of the molecule is CCCCC/C=C\C/C=C\CC(O)CN(CCSC(=O)C(=O)C(=O)SCCN(CC(O)C/C=C\C/C=C\CCCCC)CC(O)C/C=C\C/C=C\CCCCC)CC(O)C/C=C\C/C=C\CCCCC. The summed E-state index contributed by atoms with van der Waals surface area (Å²) in [5.74, 6) is -0.636. The van der Waals surface area contributed by atoms with Gasteiger partial charge in [0.2, 0.25) is 0 Å². The minimum absolute atomic E-state index is 0.218. The summed E-state index contributed by atoms with van der Waals surface area (Å²) < 4.78 is 0. The van der Waals surface area contributed by atoms with Crippen LogP contribution < -0.4 is 0 Å². The van der Waals surface area contributed by atoms with Crippen LogP contribution in [0.2, 0.25) is 0 Å². The molecule has 0 aliphatic rings. The molecule has 4 atom stereocenters. The number of hydrogen-bond donors (Lipinski definition) is 4. The highest BCUT2D eigenvalue weighted by Gasteiger charge is 2.25. The molecule has 0 fully saturated rings. The zero-order chi connectivity index (χ0) is 51.6. The summed E-state index contributed by atoms with van der Waals surface area (Å²) in [5, 5.41) is 42.1. The summed E-state index contributed by atoms with van der Waals surface area (Å²) >= 11 is 1.57. The standard InChI is InChI=1S/C59H100N2O7S2/c1-5-9-13-17-21-25-29-33-37-41-53(62)49-60(50-54(63)42-38-34-30-26-22-18-14-10-6-2)45-47-69-58(67)57(66)59(68)70-48-46-61(51-55(64)43-39-35-31-27-23-19-15-11-7-3)52-56(65)44-40-36-32-28-24-20-16-12-8-4/h21-28,33-40,53-56,62-65H,5-20,29-32,41-52H2,1-4H3/b25-21-,26-22-,27-23-,28-24-,37-33-,38-34-,39-35-,40-36-. The van der Waals surface area contributed by atoms with Gasteiger partial charge >= 0.3 is 0 Å². The first-order valence-corrected chi connectivity index (χ1v) is 29.3. The van der Waals surface area contributed by atoms with Crippen LogP contribution in [0.25, 0.3) is 0 Å². The smallest absolute Gasteiger partial charge is 0.286 e. The molecule has 0 saturated carbocycles. The van der Waals surface area contributed by atoms with E-state index in [1.165, 1.54) is 77.0 Å². The number of aliphatic hydroxyl groups is 4. The number of nitrogens with zero attached hydrogens (tertiary/aromatic N) is 2. The van der Waals surface area contributed by atoms with Gasteiger partial charge in [-0.2, -0.15) is 0 Å². The molecule has 0 aliphatic carbocycles. The van der Waals surface area contributed by atoms with Crippen molar-refractivity contribution in [1.82, 2.24) is 9.80 Å². The Balaban J connectivity index is 5.38. The molecule has 0 aromatic heterocycles. The van der Waals surface area contributed by atoms with Gasteiger partial charge in [-0.3, -0.25) is 24.2 Å². The number of allylic oxidation sites excluding steroid dienone is 12. The summed E-state index contributed by atoms with van der Waals surface area (Å²) in [7, 11) is 0. The van der Waals surface area contributed by atoms with E-state index in [-0.39, 0.29) is 37.7 Å². The molecule has 70 heavy (non-hydrogen) atoms. The van der Waals surface area contributed by atoms with Gasteiger partial charge in [0.1, 0.15) is 0 Å². The van der Waals surface area contributed by atoms with Gasteiger partial charge in [0.05, 0.1) is 24.4 Å². The first kappa shape index (κ1) is 67.4. The third kappa shape index (κ3) is 45.3. The van der Waals surface area contributed by atoms with E-state index >= 15 is 0 Å². The highest BCUT2D eigenvalue weighted by molar-refractivity contribution is 8.19. The van der Waals surface area contributed by atoms with Crippen LogP contribution in [0.15, 0.2) is 97.2 Å². The molecule has 400 valence electrons. The maximum Gasteiger partial charge on any atom is 0.286 e. The number of rotatable bonds is 48. The van der Waals surface area contributed by atoms with Crippen LogP contribution in [-0.4, -0.2) is 121 Å². The first-order valence-electron chi connectivity index (χ1n) is 27.3. The number of ketones is 1. The van der Waals surface area contributed by atoms with E-state index in [4.69, 9.17) is 0 Å². The molecular formula is C59H100N2O7S2. The monoisotopic (exact) mass is 1010 g/mol. The molecule has 0 heterocycles. The largest absolute Gasteiger partial charge is 0.391 e. The summed E-state index contributed by atoms with van der Waals surface area (Å²) in [6.07, 6.45) is 54.6. The fourth-order valence-corrected chi connectivity index (χ4v) is 8.95. The average Bonchev–Trinajstić information content (AvgIpc) is 3.33. The van der Waals surface area contributed by atoms with Crippen LogP contribution in [0, 0.1) is 0 Å². The van der Waals surface area contributed by atoms with Crippen molar-refractivity contribution in [3.8, 4) is 0 Å². The Hall–Kier alpha value is -2.61. The topological polar surface area (TPSA) is 139 Å². The molecule has 0 aromatic rings. The quantitative estimate of drug-likeness (QED) is 0.0201. The van der Waals surface area contributed by atoms with Gasteiger partial charge in [0, 0.05) is 50.8 Å². The summed E-state index contributed by atoms with van der Waals surface area (Å²) in [5.41, 5.74) is 0. The van der Waals surface area contributed by atoms with Crippen molar-refractivity contribution in [2.45, 2.75) is 206 Å². The molecule has 9 nitrogen and oxygen atoms in total. The van der Waals surface area contributed by atoms with Crippen LogP contribution >= 0.6 is 23.5 Å². The molecular weight excluding hydrogens is 913 g/mol. The van der Waals surface area contributed by atoms with E-state index in [0.29, 0.717) is 38.8 Å². The van der Waals surface area contributed by atoms with E-state index in [9.17, 15) is 34.8 Å². The van der Waals surface area contributed by atoms with Gasteiger partial charge in [-0.25, -0.2) is 0 Å². The first-order chi connectivity index (χ1) is 34.1. The van der Waals surface area contributed by atoms with Crippen molar-refractivity contribution in [2.75, 3.05) is 50.8 Å². The lowest BCUT2D eigenvalue weighted by Gasteiger charge is -2.26. The third-order valence-corrected chi connectivity index (χ3v) is 13.1. The number of thioether (sulfide) groups is 2. The molecule has 0 spiro atoms. The number of Topliss-reactive ketones (excluding diaryl/α,β-unsaturated/α-hetero) is 1. The molecule has 0 radical (unpaired) electrons. The van der Waals surface area contributed by atoms with Crippen LogP contribution in [0.1, 0.15) is 182 Å². The predicted octanol–water partition coefficient (Wildman–Crippen LogP) is 13.0. The van der Waals surface area contributed by atoms with Crippen LogP contribution in [0.5, 0.6) is 0 Å². The van der Waals surface area contributed by atoms with Gasteiger partial charge in [0.25, 0.3) is 16.0 Å². The lowest BCUT2D eigenvalue weighted by molar-refractivity contribution is -0.137. The lowest BCUT2D eigenvalue weighted by Crippen LogP contribution is -2.39. The fraction of sp³-hybridized carbons (Fsp3) is 0.678. The molecule has 0 bridgehead atoms. The van der Waals surface area contributed by atoms with E-state index in [2.05, 4.69) is 76.3 Å². The van der Waals surface area contributed by atoms with Gasteiger partial charge in [-0.15, -0.1) is 0 Å². The minimum atomic E-state index is -1.07. The van der Waals surface area contributed by atoms with Gasteiger partial charge in [-0.1, -0.05) is 200 Å². The minimum Gasteiger partial charge on any atom is -0.391 e. The lowest BCUT2D eigenvalue weighted by atomic mass is 10.1. The fourth-order valence-electron chi connectivity index (χ4n) is 7.37. The second kappa shape index (κ2) is 51.3. The van der Waals surface area contributed by atoms with E-state index in [0.717, 1.165) is 74.9 Å². The summed E-state index contributed by atoms with van der Waals surface area (Å²) in [4.78, 5) is 42.8. The Labute approximate surface area is 436 Å². The van der Waals surface area contributed by atoms with Crippen LogP contribution in [0.4, 0.5) is 0 Å². The van der Waals surface area contributed by atoms with Crippen molar-refractivity contribution < 1.29 is 34.8 Å². The number of carbonyl (C=O) groups is 3. The molecule has 4 N–H and O–H groups in total. The van der Waals surface area contributed by atoms with Crippen molar-refractivity contribution in [3.63, 3.8) is 0 Å². The second-order valence-electron chi connectivity index (χ2n) is 18.4. The summed E-state index contributed by atoms with van der Waals surface area (Å²) in [6, 6.07) is 0. The number of hydrogen-bond acceptors (Lipinski definition) is 11. The number of aliphatic hydroxyl groups excluding tert-OH is 4. The van der Waals surface area contributed by atoms with Crippen molar-refractivity contribution >= 4 is 39.5 Å². The average molecular weight is 1010 g/mol. The highest BCUT2D eigenvalue weighted by Crippen LogP contribution is 2.14. The zero-order valence-corrected chi connectivity index (χ0v) is 46.0. The Kier molecular flexibility index (Phi) is 49.4. The van der Waals surface area contributed by atoms with Crippen molar-refractivity contribution in [3.05, 3.63) is 97.2 Å². The van der Waals surface area contributed by atoms with Gasteiger partial charge in [0.15, 0.2) is 0 Å². The Morgan fingerprint density at radius 3 is 0.857 bits per heavy atom. The van der Waals surface area contributed by atoms with Crippen molar-refractivity contribution in [2.24, 2.45) is 0 Å². The van der Waals surface area contributed by atoms with E-state index < -0.39 is 40.4 Å². The molecule has 0 aliphatic heterocycles. The van der Waals surface area contributed by atoms with Crippen LogP contribution in [0.3, 0.4) is 0 Å². The molecule has 4 unspecified atom stereocenters. The molecule has 0 saturated heterocycles. The number of carbonyl (C=O) groups excluding carboxylic acids is 3. The Morgan fingerprint density at radius 1 is 0.371 bits per heavy atom. The number of unbranched alkanes of at least 4 members (excludes halogenated alkanes) is 12. The second-order valence-corrected chi connectivity index (χ2v) is 20.5. The zero-order valence-electron chi connectivity index (χ0n) is 44.4. The molecule has 0 aromatic carbocycles. The maximum absolute atomic E-state index is 13.0. The molecule has 11 heteroatoms. The Bertz CT molecular complexity index is 1310.